The van der Waals surface area contributed by atoms with Crippen LogP contribution >= 0.6 is 0 Å². The van der Waals surface area contributed by atoms with Crippen molar-refractivity contribution in [1.29, 1.82) is 0 Å². The fourth-order valence-corrected chi connectivity index (χ4v) is 3.44. The average molecular weight is 394 g/mol. The molecule has 0 unspecified atom stereocenters. The van der Waals surface area contributed by atoms with Crippen molar-refractivity contribution in [3.05, 3.63) is 64.5 Å². The number of aromatic nitrogens is 2. The van der Waals surface area contributed by atoms with Gasteiger partial charge in [-0.05, 0) is 30.3 Å². The number of alkyl halides is 3. The SMILES string of the molecule is [2H]c1c([2H])c([2H])c2c([nH]c(=O)n2CCN2CCN(c3cccc(C(F)(F)F)c3)CC2)c1[2H]. The first kappa shape index (κ1) is 14.3. The third kappa shape index (κ3) is 3.77. The van der Waals surface area contributed by atoms with E-state index < -0.39 is 29.5 Å². The van der Waals surface area contributed by atoms with Crippen LogP contribution in [-0.4, -0.2) is 47.2 Å². The standard InChI is InChI=1S/C20H21F3N4O/c21-20(22,23)15-4-3-5-16(14-15)26-11-8-25(9-12-26)10-13-27-18-7-2-1-6-17(18)24-19(27)28/h1-7,14H,8-13H2,(H,24,28)/i1D,2D,6D,7D. The van der Waals surface area contributed by atoms with Gasteiger partial charge in [-0.15, -0.1) is 0 Å². The normalized spacial score (nSPS) is 18.0. The fourth-order valence-electron chi connectivity index (χ4n) is 3.44. The van der Waals surface area contributed by atoms with E-state index in [0.29, 0.717) is 38.4 Å². The van der Waals surface area contributed by atoms with Crippen LogP contribution in [0.5, 0.6) is 0 Å². The van der Waals surface area contributed by atoms with Crippen molar-refractivity contribution >= 4 is 16.7 Å². The molecule has 0 atom stereocenters. The molecular formula is C20H21F3N4O. The molecule has 1 fully saturated rings. The van der Waals surface area contributed by atoms with Crippen molar-refractivity contribution < 1.29 is 18.7 Å². The molecule has 0 amide bonds. The van der Waals surface area contributed by atoms with Crippen LogP contribution in [0.3, 0.4) is 0 Å². The number of nitrogens with zero attached hydrogens (tertiary/aromatic N) is 3. The second-order valence-corrected chi connectivity index (χ2v) is 6.68. The summed E-state index contributed by atoms with van der Waals surface area (Å²) in [7, 11) is 0. The molecule has 1 N–H and O–H groups in total. The van der Waals surface area contributed by atoms with Gasteiger partial charge in [-0.3, -0.25) is 9.47 Å². The monoisotopic (exact) mass is 394 g/mol. The zero-order valence-electron chi connectivity index (χ0n) is 18.9. The quantitative estimate of drug-likeness (QED) is 0.739. The number of nitrogens with one attached hydrogen (secondary N) is 1. The van der Waals surface area contributed by atoms with Crippen molar-refractivity contribution in [1.82, 2.24) is 14.5 Å². The van der Waals surface area contributed by atoms with Crippen molar-refractivity contribution in [2.24, 2.45) is 0 Å². The number of imidazole rings is 1. The van der Waals surface area contributed by atoms with Crippen molar-refractivity contribution in [3.8, 4) is 0 Å². The molecule has 4 rings (SSSR count). The summed E-state index contributed by atoms with van der Waals surface area (Å²) in [6.07, 6.45) is -4.39. The zero-order chi connectivity index (χ0) is 23.2. The molecule has 1 aliphatic heterocycles. The van der Waals surface area contributed by atoms with Gasteiger partial charge in [0, 0.05) is 45.0 Å². The van der Waals surface area contributed by atoms with Gasteiger partial charge in [-0.2, -0.15) is 13.2 Å². The number of benzene rings is 2. The van der Waals surface area contributed by atoms with E-state index in [-0.39, 0.29) is 29.7 Å². The van der Waals surface area contributed by atoms with Gasteiger partial charge in [0.15, 0.2) is 0 Å². The molecule has 1 aliphatic rings. The molecule has 0 spiro atoms. The lowest BCUT2D eigenvalue weighted by atomic mass is 10.1. The van der Waals surface area contributed by atoms with Gasteiger partial charge < -0.3 is 9.88 Å². The lowest BCUT2D eigenvalue weighted by molar-refractivity contribution is -0.137. The number of hydrogen-bond donors (Lipinski definition) is 1. The Hall–Kier alpha value is -2.74. The van der Waals surface area contributed by atoms with Gasteiger partial charge in [-0.1, -0.05) is 18.2 Å². The van der Waals surface area contributed by atoms with E-state index in [1.165, 1.54) is 10.6 Å². The van der Waals surface area contributed by atoms with Gasteiger partial charge in [0.05, 0.1) is 22.1 Å². The lowest BCUT2D eigenvalue weighted by Gasteiger charge is -2.36. The third-order valence-electron chi connectivity index (χ3n) is 4.97. The van der Waals surface area contributed by atoms with E-state index in [1.807, 2.05) is 4.90 Å². The number of hydrogen-bond acceptors (Lipinski definition) is 3. The summed E-state index contributed by atoms with van der Waals surface area (Å²) in [5.74, 6) is 0. The molecule has 1 saturated heterocycles. The number of H-pyrrole nitrogens is 1. The van der Waals surface area contributed by atoms with Gasteiger partial charge in [0.25, 0.3) is 0 Å². The molecule has 148 valence electrons. The molecule has 0 saturated carbocycles. The zero-order valence-corrected chi connectivity index (χ0v) is 14.9. The van der Waals surface area contributed by atoms with Crippen LogP contribution in [0, 0.1) is 0 Å². The minimum Gasteiger partial charge on any atom is -0.369 e. The smallest absolute Gasteiger partial charge is 0.369 e. The Kier molecular flexibility index (Phi) is 3.75. The molecular weight excluding hydrogens is 369 g/mol. The van der Waals surface area contributed by atoms with Crippen molar-refractivity contribution in [2.45, 2.75) is 12.7 Å². The first-order valence-corrected chi connectivity index (χ1v) is 8.91. The first-order chi connectivity index (χ1) is 15.1. The number of fused-ring (bicyclic) bond motifs is 1. The summed E-state index contributed by atoms with van der Waals surface area (Å²) in [5, 5.41) is 0. The van der Waals surface area contributed by atoms with Crippen LogP contribution in [0.25, 0.3) is 11.0 Å². The summed E-state index contributed by atoms with van der Waals surface area (Å²) < 4.78 is 71.9. The maximum atomic E-state index is 13.0. The van der Waals surface area contributed by atoms with E-state index >= 15 is 0 Å². The Labute approximate surface area is 165 Å². The number of para-hydroxylation sites is 2. The third-order valence-corrected chi connectivity index (χ3v) is 4.97. The van der Waals surface area contributed by atoms with E-state index in [4.69, 9.17) is 5.48 Å². The average Bonchev–Trinajstić information content (AvgIpc) is 3.11. The highest BCUT2D eigenvalue weighted by Crippen LogP contribution is 2.31. The molecule has 0 bridgehead atoms. The molecule has 3 aromatic rings. The number of halogens is 3. The summed E-state index contributed by atoms with van der Waals surface area (Å²) in [6, 6.07) is 3.90. The highest BCUT2D eigenvalue weighted by molar-refractivity contribution is 5.74. The van der Waals surface area contributed by atoms with Crippen LogP contribution in [0.2, 0.25) is 0 Å². The maximum absolute atomic E-state index is 13.0. The van der Waals surface area contributed by atoms with Crippen molar-refractivity contribution in [3.63, 3.8) is 0 Å². The summed E-state index contributed by atoms with van der Waals surface area (Å²) >= 11 is 0. The molecule has 28 heavy (non-hydrogen) atoms. The van der Waals surface area contributed by atoms with Crippen LogP contribution in [-0.2, 0) is 12.7 Å². The number of rotatable bonds is 4. The van der Waals surface area contributed by atoms with Gasteiger partial charge >= 0.3 is 11.9 Å². The number of anilines is 1. The molecule has 5 nitrogen and oxygen atoms in total. The highest BCUT2D eigenvalue weighted by Gasteiger charge is 2.31. The molecule has 0 aliphatic carbocycles. The Morgan fingerprint density at radius 2 is 1.82 bits per heavy atom. The summed E-state index contributed by atoms with van der Waals surface area (Å²) in [4.78, 5) is 18.9. The Morgan fingerprint density at radius 1 is 1.07 bits per heavy atom. The second-order valence-electron chi connectivity index (χ2n) is 6.68. The second kappa shape index (κ2) is 7.35. The van der Waals surface area contributed by atoms with E-state index in [1.54, 1.807) is 6.07 Å². The minimum atomic E-state index is -4.39. The number of aromatic amines is 1. The predicted molar refractivity (Wildman–Crippen MR) is 103 cm³/mol. The Balaban J connectivity index is 1.45. The molecule has 0 radical (unpaired) electrons. The van der Waals surface area contributed by atoms with Crippen LogP contribution in [0.15, 0.2) is 53.2 Å². The van der Waals surface area contributed by atoms with Gasteiger partial charge in [0.1, 0.15) is 0 Å². The highest BCUT2D eigenvalue weighted by atomic mass is 19.4. The van der Waals surface area contributed by atoms with E-state index in [9.17, 15) is 18.0 Å². The Bertz CT molecular complexity index is 1220. The lowest BCUT2D eigenvalue weighted by Crippen LogP contribution is -2.47. The van der Waals surface area contributed by atoms with Crippen LogP contribution in [0.4, 0.5) is 18.9 Å². The van der Waals surface area contributed by atoms with E-state index in [0.717, 1.165) is 12.1 Å². The van der Waals surface area contributed by atoms with E-state index in [2.05, 4.69) is 9.88 Å². The fraction of sp³-hybridized carbons (Fsp3) is 0.350. The van der Waals surface area contributed by atoms with Gasteiger partial charge in [0.2, 0.25) is 0 Å². The number of piperazine rings is 1. The molecule has 2 heterocycles. The molecule has 2 aromatic carbocycles. The minimum absolute atomic E-state index is 0.0790. The first-order valence-electron chi connectivity index (χ1n) is 10.9. The maximum Gasteiger partial charge on any atom is 0.416 e. The topological polar surface area (TPSA) is 44.3 Å². The Morgan fingerprint density at radius 3 is 2.57 bits per heavy atom. The molecule has 8 heteroatoms. The predicted octanol–water partition coefficient (Wildman–Crippen LogP) is 3.17. The van der Waals surface area contributed by atoms with Crippen molar-refractivity contribution in [2.75, 3.05) is 37.6 Å². The van der Waals surface area contributed by atoms with Gasteiger partial charge in [-0.25, -0.2) is 4.79 Å². The summed E-state index contributed by atoms with van der Waals surface area (Å²) in [5.41, 5.74) is -0.447. The largest absolute Gasteiger partial charge is 0.416 e. The van der Waals surface area contributed by atoms with Crippen LogP contribution in [0.1, 0.15) is 11.0 Å². The van der Waals surface area contributed by atoms with Crippen LogP contribution < -0.4 is 10.6 Å². The molecule has 1 aromatic heterocycles. The summed E-state index contributed by atoms with van der Waals surface area (Å²) in [6.45, 7) is 2.93.